The van der Waals surface area contributed by atoms with Crippen molar-refractivity contribution in [2.45, 2.75) is 50.8 Å². The number of nitrogens with zero attached hydrogens (tertiary/aromatic N) is 4. The number of benzene rings is 1. The fraction of sp³-hybridized carbons (Fsp3) is 0.500. The van der Waals surface area contributed by atoms with Gasteiger partial charge in [0.1, 0.15) is 22.3 Å². The third-order valence-electron chi connectivity index (χ3n) is 6.66. The highest BCUT2D eigenvalue weighted by Gasteiger charge is 2.32. The van der Waals surface area contributed by atoms with E-state index in [2.05, 4.69) is 25.7 Å². The highest BCUT2D eigenvalue weighted by molar-refractivity contribution is 7.89. The van der Waals surface area contributed by atoms with Crippen LogP contribution in [0.25, 0.3) is 10.2 Å². The van der Waals surface area contributed by atoms with Gasteiger partial charge in [0.25, 0.3) is 0 Å². The van der Waals surface area contributed by atoms with Crippen molar-refractivity contribution < 1.29 is 12.8 Å². The van der Waals surface area contributed by atoms with Crippen LogP contribution in [0.3, 0.4) is 0 Å². The second-order valence-electron chi connectivity index (χ2n) is 9.44. The zero-order valence-corrected chi connectivity index (χ0v) is 20.8. The molecular weight excluding hydrogens is 459 g/mol. The molecule has 1 aromatic carbocycles. The van der Waals surface area contributed by atoms with Gasteiger partial charge < -0.3 is 4.90 Å². The Hall–Kier alpha value is -2.10. The summed E-state index contributed by atoms with van der Waals surface area (Å²) in [6.07, 6.45) is 3.32. The van der Waals surface area contributed by atoms with Gasteiger partial charge in [-0.15, -0.1) is 11.3 Å². The summed E-state index contributed by atoms with van der Waals surface area (Å²) >= 11 is 1.80. The number of rotatable bonds is 4. The normalized spacial score (nSPS) is 19.9. The van der Waals surface area contributed by atoms with Gasteiger partial charge >= 0.3 is 0 Å². The largest absolute Gasteiger partial charge is 0.353 e. The number of anilines is 1. The van der Waals surface area contributed by atoms with Crippen molar-refractivity contribution in [1.82, 2.24) is 14.3 Å². The van der Waals surface area contributed by atoms with Crippen molar-refractivity contribution in [2.24, 2.45) is 5.92 Å². The lowest BCUT2D eigenvalue weighted by molar-refractivity contribution is 0.384. The molecule has 1 aliphatic heterocycles. The molecule has 1 saturated heterocycles. The van der Waals surface area contributed by atoms with Crippen LogP contribution in [0.2, 0.25) is 0 Å². The van der Waals surface area contributed by atoms with E-state index in [1.807, 2.05) is 0 Å². The molecule has 1 atom stereocenters. The zero-order valence-electron chi connectivity index (χ0n) is 19.2. The molecule has 33 heavy (non-hydrogen) atoms. The molecular formula is C24H29FN4O2S2. The van der Waals surface area contributed by atoms with Crippen molar-refractivity contribution in [3.63, 3.8) is 0 Å². The van der Waals surface area contributed by atoms with Crippen LogP contribution in [-0.2, 0) is 22.9 Å². The lowest BCUT2D eigenvalue weighted by Gasteiger charge is -2.35. The number of aryl methyl sites for hydroxylation is 1. The topological polar surface area (TPSA) is 66.4 Å². The van der Waals surface area contributed by atoms with Crippen LogP contribution in [0.4, 0.5) is 10.2 Å². The molecule has 1 aliphatic carbocycles. The summed E-state index contributed by atoms with van der Waals surface area (Å²) in [4.78, 5) is 14.7. The number of sulfonamides is 1. The Labute approximate surface area is 198 Å². The summed E-state index contributed by atoms with van der Waals surface area (Å²) < 4.78 is 40.8. The number of thiophene rings is 1. The lowest BCUT2D eigenvalue weighted by atomic mass is 9.89. The average molecular weight is 489 g/mol. The molecule has 0 radical (unpaired) electrons. The molecule has 6 nitrogen and oxygen atoms in total. The monoisotopic (exact) mass is 488 g/mol. The Morgan fingerprint density at radius 1 is 1.09 bits per heavy atom. The Balaban J connectivity index is 1.46. The number of hydrogen-bond donors (Lipinski definition) is 0. The number of aromatic nitrogens is 2. The summed E-state index contributed by atoms with van der Waals surface area (Å²) in [6, 6.07) is 5.04. The van der Waals surface area contributed by atoms with Gasteiger partial charge in [-0.25, -0.2) is 22.8 Å². The van der Waals surface area contributed by atoms with Gasteiger partial charge in [0, 0.05) is 37.0 Å². The van der Waals surface area contributed by atoms with Crippen LogP contribution in [0.1, 0.15) is 49.4 Å². The highest BCUT2D eigenvalue weighted by atomic mass is 32.2. The van der Waals surface area contributed by atoms with Gasteiger partial charge in [0.15, 0.2) is 0 Å². The Bertz CT molecular complexity index is 1280. The summed E-state index contributed by atoms with van der Waals surface area (Å²) in [5.41, 5.74) is 1.39. The van der Waals surface area contributed by atoms with E-state index in [1.54, 1.807) is 11.3 Å². The third kappa shape index (κ3) is 4.15. The predicted molar refractivity (Wildman–Crippen MR) is 130 cm³/mol. The molecule has 5 rings (SSSR count). The number of hydrogen-bond acceptors (Lipinski definition) is 6. The van der Waals surface area contributed by atoms with Crippen LogP contribution in [0.15, 0.2) is 29.2 Å². The Morgan fingerprint density at radius 3 is 2.45 bits per heavy atom. The second kappa shape index (κ2) is 8.60. The maximum Gasteiger partial charge on any atom is 0.243 e. The van der Waals surface area contributed by atoms with Crippen molar-refractivity contribution >= 4 is 37.4 Å². The zero-order chi connectivity index (χ0) is 23.3. The molecule has 3 aromatic rings. The van der Waals surface area contributed by atoms with Crippen LogP contribution in [0, 0.1) is 11.7 Å². The average Bonchev–Trinajstić information content (AvgIpc) is 3.16. The summed E-state index contributed by atoms with van der Waals surface area (Å²) in [5.74, 6) is 2.25. The molecule has 9 heteroatoms. The fourth-order valence-electron chi connectivity index (χ4n) is 4.72. The van der Waals surface area contributed by atoms with Crippen molar-refractivity contribution in [3.8, 4) is 0 Å². The van der Waals surface area contributed by atoms with Gasteiger partial charge in [0.05, 0.1) is 10.3 Å². The van der Waals surface area contributed by atoms with Crippen LogP contribution in [-0.4, -0.2) is 48.9 Å². The molecule has 3 heterocycles. The van der Waals surface area contributed by atoms with E-state index in [4.69, 9.17) is 9.97 Å². The minimum absolute atomic E-state index is 0.130. The van der Waals surface area contributed by atoms with Gasteiger partial charge in [-0.3, -0.25) is 0 Å². The van der Waals surface area contributed by atoms with Gasteiger partial charge in [-0.05, 0) is 55.0 Å². The van der Waals surface area contributed by atoms with E-state index in [0.29, 0.717) is 32.1 Å². The summed E-state index contributed by atoms with van der Waals surface area (Å²) in [5, 5.41) is 1.17. The smallest absolute Gasteiger partial charge is 0.243 e. The van der Waals surface area contributed by atoms with Crippen LogP contribution < -0.4 is 4.90 Å². The predicted octanol–water partition coefficient (Wildman–Crippen LogP) is 4.59. The molecule has 1 fully saturated rings. The molecule has 0 saturated carbocycles. The van der Waals surface area contributed by atoms with Crippen LogP contribution in [0.5, 0.6) is 0 Å². The summed E-state index contributed by atoms with van der Waals surface area (Å²) in [6.45, 7) is 8.37. The van der Waals surface area contributed by atoms with E-state index >= 15 is 0 Å². The molecule has 0 amide bonds. The Kier molecular flexibility index (Phi) is 5.91. The first kappa shape index (κ1) is 22.7. The number of piperazine rings is 1. The first-order valence-electron chi connectivity index (χ1n) is 11.6. The maximum atomic E-state index is 13.3. The molecule has 176 valence electrons. The first-order chi connectivity index (χ1) is 15.7. The lowest BCUT2D eigenvalue weighted by Crippen LogP contribution is -2.49. The van der Waals surface area contributed by atoms with E-state index in [0.717, 1.165) is 29.3 Å². The number of fused-ring (bicyclic) bond motifs is 3. The van der Waals surface area contributed by atoms with Crippen molar-refractivity contribution in [2.75, 3.05) is 31.1 Å². The standard InChI is InChI=1S/C24H29FN4O2S2/c1-15(2)22-26-23(21-19-9-4-16(3)14-20(19)32-24(21)27-22)28-10-12-29(13-11-28)33(30,31)18-7-5-17(25)6-8-18/h5-8,15-16H,4,9-14H2,1-3H3/t16-/m1/s1. The number of halogens is 1. The van der Waals surface area contributed by atoms with Crippen LogP contribution >= 0.6 is 11.3 Å². The highest BCUT2D eigenvalue weighted by Crippen LogP contribution is 2.41. The van der Waals surface area contributed by atoms with Crippen molar-refractivity contribution in [1.29, 1.82) is 0 Å². The summed E-state index contributed by atoms with van der Waals surface area (Å²) in [7, 11) is -3.65. The minimum atomic E-state index is -3.65. The molecule has 0 spiro atoms. The minimum Gasteiger partial charge on any atom is -0.353 e. The van der Waals surface area contributed by atoms with Gasteiger partial charge in [-0.2, -0.15) is 4.31 Å². The van der Waals surface area contributed by atoms with E-state index in [1.165, 1.54) is 50.8 Å². The first-order valence-corrected chi connectivity index (χ1v) is 13.8. The SMILES string of the molecule is CC(C)c1nc(N2CCN(S(=O)(=O)c3ccc(F)cc3)CC2)c2c3c(sc2n1)C[C@H](C)CC3. The second-order valence-corrected chi connectivity index (χ2v) is 12.5. The quantitative estimate of drug-likeness (QED) is 0.537. The maximum absolute atomic E-state index is 13.3. The van der Waals surface area contributed by atoms with Gasteiger partial charge in [0.2, 0.25) is 10.0 Å². The third-order valence-corrected chi connectivity index (χ3v) is 9.72. The van der Waals surface area contributed by atoms with E-state index in [9.17, 15) is 12.8 Å². The molecule has 2 aromatic heterocycles. The van der Waals surface area contributed by atoms with Gasteiger partial charge in [-0.1, -0.05) is 20.8 Å². The van der Waals surface area contributed by atoms with E-state index in [-0.39, 0.29) is 10.8 Å². The molecule has 0 N–H and O–H groups in total. The Morgan fingerprint density at radius 2 is 1.79 bits per heavy atom. The van der Waals surface area contributed by atoms with Crippen molar-refractivity contribution in [3.05, 3.63) is 46.3 Å². The molecule has 2 aliphatic rings. The molecule has 0 bridgehead atoms. The molecule has 0 unspecified atom stereocenters. The fourth-order valence-corrected chi connectivity index (χ4v) is 7.53. The van der Waals surface area contributed by atoms with E-state index < -0.39 is 15.8 Å².